The van der Waals surface area contributed by atoms with Crippen molar-refractivity contribution in [3.63, 3.8) is 0 Å². The number of rotatable bonds is 7. The maximum Gasteiger partial charge on any atom is 0.167 e. The van der Waals surface area contributed by atoms with Gasteiger partial charge < -0.3 is 9.47 Å². The molecule has 1 saturated heterocycles. The summed E-state index contributed by atoms with van der Waals surface area (Å²) in [6, 6.07) is 14.1. The van der Waals surface area contributed by atoms with E-state index in [-0.39, 0.29) is 11.7 Å². The van der Waals surface area contributed by atoms with Crippen LogP contribution in [-0.4, -0.2) is 44.2 Å². The van der Waals surface area contributed by atoms with E-state index in [0.717, 1.165) is 32.5 Å². The standard InChI is InChI=1S/C22H27NO3S/c1-25-20-10-9-17(13-21(20)26-2)22(24)18-7-5-11-23(15-18)14-16-6-4-8-19(12-16)27-3/h4,6,8-10,12-13,18H,5,7,11,14-15H2,1-3H3. The van der Waals surface area contributed by atoms with Crippen molar-refractivity contribution in [3.05, 3.63) is 53.6 Å². The van der Waals surface area contributed by atoms with Gasteiger partial charge in [0.15, 0.2) is 17.3 Å². The zero-order chi connectivity index (χ0) is 19.2. The second kappa shape index (κ2) is 9.29. The van der Waals surface area contributed by atoms with Crippen LogP contribution in [0.3, 0.4) is 0 Å². The highest BCUT2D eigenvalue weighted by Gasteiger charge is 2.27. The Morgan fingerprint density at radius 1 is 1.15 bits per heavy atom. The highest BCUT2D eigenvalue weighted by atomic mass is 32.2. The van der Waals surface area contributed by atoms with Gasteiger partial charge in [-0.2, -0.15) is 0 Å². The van der Waals surface area contributed by atoms with Gasteiger partial charge in [0.2, 0.25) is 0 Å². The molecule has 1 heterocycles. The maximum absolute atomic E-state index is 13.0. The summed E-state index contributed by atoms with van der Waals surface area (Å²) in [7, 11) is 3.20. The Morgan fingerprint density at radius 2 is 1.96 bits per heavy atom. The topological polar surface area (TPSA) is 38.8 Å². The summed E-state index contributed by atoms with van der Waals surface area (Å²) >= 11 is 1.76. The quantitative estimate of drug-likeness (QED) is 0.517. The number of likely N-dealkylation sites (tertiary alicyclic amines) is 1. The first kappa shape index (κ1) is 19.8. The zero-order valence-electron chi connectivity index (χ0n) is 16.2. The summed E-state index contributed by atoms with van der Waals surface area (Å²) in [5, 5.41) is 0. The van der Waals surface area contributed by atoms with E-state index in [4.69, 9.17) is 9.47 Å². The van der Waals surface area contributed by atoms with Gasteiger partial charge in [-0.05, 0) is 61.5 Å². The smallest absolute Gasteiger partial charge is 0.167 e. The van der Waals surface area contributed by atoms with Crippen molar-refractivity contribution < 1.29 is 14.3 Å². The molecule has 4 nitrogen and oxygen atoms in total. The lowest BCUT2D eigenvalue weighted by Crippen LogP contribution is -2.38. The number of thioether (sulfide) groups is 1. The summed E-state index contributed by atoms with van der Waals surface area (Å²) in [5.41, 5.74) is 2.00. The number of piperidine rings is 1. The molecule has 1 unspecified atom stereocenters. The van der Waals surface area contributed by atoms with Crippen LogP contribution in [0.4, 0.5) is 0 Å². The van der Waals surface area contributed by atoms with Crippen molar-refractivity contribution in [1.82, 2.24) is 4.90 Å². The van der Waals surface area contributed by atoms with E-state index in [9.17, 15) is 4.79 Å². The summed E-state index contributed by atoms with van der Waals surface area (Å²) in [5.74, 6) is 1.47. The third-order valence-corrected chi connectivity index (χ3v) is 5.81. The molecule has 0 radical (unpaired) electrons. The van der Waals surface area contributed by atoms with E-state index in [2.05, 4.69) is 35.4 Å². The first-order chi connectivity index (χ1) is 13.1. The number of ether oxygens (including phenoxy) is 2. The third-order valence-electron chi connectivity index (χ3n) is 5.08. The van der Waals surface area contributed by atoms with E-state index < -0.39 is 0 Å². The van der Waals surface area contributed by atoms with Crippen LogP contribution in [-0.2, 0) is 6.54 Å². The Labute approximate surface area is 165 Å². The lowest BCUT2D eigenvalue weighted by molar-refractivity contribution is 0.0811. The lowest BCUT2D eigenvalue weighted by atomic mass is 9.89. The predicted octanol–water partition coefficient (Wildman–Crippen LogP) is 4.52. The van der Waals surface area contributed by atoms with E-state index >= 15 is 0 Å². The van der Waals surface area contributed by atoms with E-state index in [1.165, 1.54) is 10.5 Å². The molecule has 0 bridgehead atoms. The minimum absolute atomic E-state index is 0.0283. The number of Topliss-reactive ketones (excluding diaryl/α,β-unsaturated/α-hetero) is 1. The van der Waals surface area contributed by atoms with Gasteiger partial charge in [0.05, 0.1) is 14.2 Å². The Balaban J connectivity index is 1.69. The number of carbonyl (C=O) groups is 1. The maximum atomic E-state index is 13.0. The second-order valence-corrected chi connectivity index (χ2v) is 7.74. The summed E-state index contributed by atoms with van der Waals surface area (Å²) in [4.78, 5) is 16.7. The van der Waals surface area contributed by atoms with Crippen LogP contribution in [0, 0.1) is 5.92 Å². The number of hydrogen-bond donors (Lipinski definition) is 0. The average molecular weight is 386 g/mol. The van der Waals surface area contributed by atoms with Crippen molar-refractivity contribution in [2.24, 2.45) is 5.92 Å². The summed E-state index contributed by atoms with van der Waals surface area (Å²) in [6.07, 6.45) is 4.08. The highest BCUT2D eigenvalue weighted by molar-refractivity contribution is 7.98. The minimum atomic E-state index is 0.0283. The minimum Gasteiger partial charge on any atom is -0.493 e. The zero-order valence-corrected chi connectivity index (χ0v) is 17.1. The van der Waals surface area contributed by atoms with Gasteiger partial charge in [-0.1, -0.05) is 12.1 Å². The van der Waals surface area contributed by atoms with Crippen LogP contribution >= 0.6 is 11.8 Å². The van der Waals surface area contributed by atoms with E-state index in [1.807, 2.05) is 6.07 Å². The molecule has 1 fully saturated rings. The lowest BCUT2D eigenvalue weighted by Gasteiger charge is -2.32. The van der Waals surface area contributed by atoms with Crippen LogP contribution in [0.2, 0.25) is 0 Å². The van der Waals surface area contributed by atoms with Gasteiger partial charge in [-0.3, -0.25) is 9.69 Å². The molecule has 2 aromatic rings. The van der Waals surface area contributed by atoms with Crippen LogP contribution in [0.5, 0.6) is 11.5 Å². The van der Waals surface area contributed by atoms with Crippen molar-refractivity contribution in [2.45, 2.75) is 24.3 Å². The molecule has 144 valence electrons. The number of benzene rings is 2. The fourth-order valence-electron chi connectivity index (χ4n) is 3.67. The molecular formula is C22H27NO3S. The van der Waals surface area contributed by atoms with Gasteiger partial charge in [-0.15, -0.1) is 11.8 Å². The highest BCUT2D eigenvalue weighted by Crippen LogP contribution is 2.30. The van der Waals surface area contributed by atoms with Crippen LogP contribution in [0.15, 0.2) is 47.4 Å². The molecule has 0 aromatic heterocycles. The number of methoxy groups -OCH3 is 2. The van der Waals surface area contributed by atoms with Gasteiger partial charge >= 0.3 is 0 Å². The molecule has 5 heteroatoms. The fraction of sp³-hybridized carbons (Fsp3) is 0.409. The van der Waals surface area contributed by atoms with Gasteiger partial charge in [-0.25, -0.2) is 0 Å². The van der Waals surface area contributed by atoms with Crippen molar-refractivity contribution in [3.8, 4) is 11.5 Å². The largest absolute Gasteiger partial charge is 0.493 e. The van der Waals surface area contributed by atoms with Crippen molar-refractivity contribution in [2.75, 3.05) is 33.6 Å². The molecule has 0 spiro atoms. The van der Waals surface area contributed by atoms with Gasteiger partial charge in [0, 0.05) is 29.5 Å². The van der Waals surface area contributed by atoms with Crippen LogP contribution in [0.25, 0.3) is 0 Å². The molecule has 1 aliphatic heterocycles. The molecule has 1 aliphatic rings. The van der Waals surface area contributed by atoms with E-state index in [1.54, 1.807) is 38.1 Å². The van der Waals surface area contributed by atoms with Gasteiger partial charge in [0.1, 0.15) is 0 Å². The molecule has 1 atom stereocenters. The van der Waals surface area contributed by atoms with E-state index in [0.29, 0.717) is 17.1 Å². The van der Waals surface area contributed by atoms with Crippen LogP contribution < -0.4 is 9.47 Å². The molecule has 0 saturated carbocycles. The molecule has 2 aromatic carbocycles. The molecular weight excluding hydrogens is 358 g/mol. The summed E-state index contributed by atoms with van der Waals surface area (Å²) < 4.78 is 10.6. The normalized spacial score (nSPS) is 17.5. The van der Waals surface area contributed by atoms with Gasteiger partial charge in [0.25, 0.3) is 0 Å². The van der Waals surface area contributed by atoms with Crippen LogP contribution in [0.1, 0.15) is 28.8 Å². The number of nitrogens with zero attached hydrogens (tertiary/aromatic N) is 1. The Kier molecular flexibility index (Phi) is 6.80. The summed E-state index contributed by atoms with van der Waals surface area (Å²) in [6.45, 7) is 2.74. The van der Waals surface area contributed by atoms with Crippen molar-refractivity contribution >= 4 is 17.5 Å². The first-order valence-corrected chi connectivity index (χ1v) is 10.5. The Bertz CT molecular complexity index is 793. The Morgan fingerprint density at radius 3 is 2.70 bits per heavy atom. The fourth-order valence-corrected chi connectivity index (χ4v) is 4.15. The number of carbonyl (C=O) groups excluding carboxylic acids is 1. The average Bonchev–Trinajstić information content (AvgIpc) is 2.73. The molecule has 0 aliphatic carbocycles. The molecule has 3 rings (SSSR count). The monoisotopic (exact) mass is 385 g/mol. The molecule has 0 N–H and O–H groups in total. The predicted molar refractivity (Wildman–Crippen MR) is 110 cm³/mol. The number of ketones is 1. The van der Waals surface area contributed by atoms with Crippen molar-refractivity contribution in [1.29, 1.82) is 0 Å². The second-order valence-electron chi connectivity index (χ2n) is 6.86. The molecule has 27 heavy (non-hydrogen) atoms. The first-order valence-electron chi connectivity index (χ1n) is 9.26. The number of hydrogen-bond acceptors (Lipinski definition) is 5. The Hall–Kier alpha value is -1.98. The third kappa shape index (κ3) is 4.85. The SMILES string of the molecule is COc1ccc(C(=O)C2CCCN(Cc3cccc(SC)c3)C2)cc1OC. The molecule has 0 amide bonds.